The zero-order chi connectivity index (χ0) is 14.8. The number of carbonyl (C=O) groups excluding carboxylic acids is 1. The number of nitrogens with two attached hydrogens (primary N) is 1. The van der Waals surface area contributed by atoms with E-state index in [-0.39, 0.29) is 5.91 Å². The predicted molar refractivity (Wildman–Crippen MR) is 78.3 cm³/mol. The van der Waals surface area contributed by atoms with Gasteiger partial charge in [0, 0.05) is 25.0 Å². The van der Waals surface area contributed by atoms with Crippen LogP contribution in [0.15, 0.2) is 36.5 Å². The molecule has 0 saturated heterocycles. The number of aromatic nitrogens is 1. The molecule has 1 amide bonds. The number of amides is 1. The van der Waals surface area contributed by atoms with Crippen molar-refractivity contribution < 1.29 is 4.79 Å². The maximum Gasteiger partial charge on any atom is 0.272 e. The van der Waals surface area contributed by atoms with Gasteiger partial charge in [-0.25, -0.2) is 4.98 Å². The fourth-order valence-corrected chi connectivity index (χ4v) is 2.56. The van der Waals surface area contributed by atoms with E-state index in [4.69, 9.17) is 11.0 Å². The highest BCUT2D eigenvalue weighted by molar-refractivity contribution is 5.92. The van der Waals surface area contributed by atoms with Crippen LogP contribution in [-0.4, -0.2) is 22.3 Å². The zero-order valence-corrected chi connectivity index (χ0v) is 11.4. The highest BCUT2D eigenvalue weighted by Crippen LogP contribution is 2.24. The van der Waals surface area contributed by atoms with Crippen molar-refractivity contribution in [3.8, 4) is 6.07 Å². The van der Waals surface area contributed by atoms with Gasteiger partial charge in [-0.1, -0.05) is 12.1 Å². The average Bonchev–Trinajstić information content (AvgIpc) is 2.54. The Kier molecular flexibility index (Phi) is 3.28. The molecule has 2 heterocycles. The van der Waals surface area contributed by atoms with Gasteiger partial charge in [-0.3, -0.25) is 4.79 Å². The van der Waals surface area contributed by atoms with Gasteiger partial charge in [0.2, 0.25) is 0 Å². The SMILES string of the molecule is N#Cc1ccc(C(=O)N2CCc3c(N)cccc3C2)nc1. The lowest BCUT2D eigenvalue weighted by atomic mass is 9.98. The summed E-state index contributed by atoms with van der Waals surface area (Å²) >= 11 is 0. The summed E-state index contributed by atoms with van der Waals surface area (Å²) in [5.41, 5.74) is 9.78. The predicted octanol–water partition coefficient (Wildman–Crippen LogP) is 1.73. The van der Waals surface area contributed by atoms with Gasteiger partial charge in [-0.2, -0.15) is 5.26 Å². The van der Waals surface area contributed by atoms with E-state index in [1.807, 2.05) is 24.3 Å². The molecule has 1 aromatic heterocycles. The molecule has 5 nitrogen and oxygen atoms in total. The van der Waals surface area contributed by atoms with Crippen LogP contribution in [0.1, 0.15) is 27.2 Å². The van der Waals surface area contributed by atoms with Gasteiger partial charge in [0.15, 0.2) is 0 Å². The second-order valence-electron chi connectivity index (χ2n) is 5.01. The summed E-state index contributed by atoms with van der Waals surface area (Å²) in [5, 5.41) is 8.75. The minimum Gasteiger partial charge on any atom is -0.398 e. The molecule has 104 valence electrons. The molecule has 21 heavy (non-hydrogen) atoms. The van der Waals surface area contributed by atoms with Crippen LogP contribution in [0.4, 0.5) is 5.69 Å². The van der Waals surface area contributed by atoms with E-state index >= 15 is 0 Å². The number of benzene rings is 1. The first-order valence-corrected chi connectivity index (χ1v) is 6.70. The van der Waals surface area contributed by atoms with Crippen LogP contribution in [0.5, 0.6) is 0 Å². The molecule has 0 saturated carbocycles. The topological polar surface area (TPSA) is 83.0 Å². The molecule has 0 bridgehead atoms. The normalized spacial score (nSPS) is 13.4. The van der Waals surface area contributed by atoms with Gasteiger partial charge in [-0.05, 0) is 35.7 Å². The molecule has 3 rings (SSSR count). The number of nitrogens with zero attached hydrogens (tertiary/aromatic N) is 3. The van der Waals surface area contributed by atoms with E-state index in [0.717, 1.165) is 23.2 Å². The summed E-state index contributed by atoms with van der Waals surface area (Å²) in [7, 11) is 0. The molecule has 0 atom stereocenters. The van der Waals surface area contributed by atoms with E-state index in [9.17, 15) is 4.79 Å². The molecular weight excluding hydrogens is 264 g/mol. The summed E-state index contributed by atoms with van der Waals surface area (Å²) in [6, 6.07) is 11.0. The summed E-state index contributed by atoms with van der Waals surface area (Å²) in [6.07, 6.45) is 2.17. The Morgan fingerprint density at radius 1 is 1.33 bits per heavy atom. The van der Waals surface area contributed by atoms with Crippen molar-refractivity contribution in [2.75, 3.05) is 12.3 Å². The van der Waals surface area contributed by atoms with Crippen molar-refractivity contribution in [3.05, 3.63) is 58.9 Å². The average molecular weight is 278 g/mol. The molecule has 1 aliphatic rings. The molecule has 0 aliphatic carbocycles. The third kappa shape index (κ3) is 2.43. The number of pyridine rings is 1. The Morgan fingerprint density at radius 3 is 2.90 bits per heavy atom. The van der Waals surface area contributed by atoms with Gasteiger partial charge in [0.05, 0.1) is 5.56 Å². The summed E-state index contributed by atoms with van der Waals surface area (Å²) in [4.78, 5) is 18.3. The summed E-state index contributed by atoms with van der Waals surface area (Å²) < 4.78 is 0. The van der Waals surface area contributed by atoms with Crippen LogP contribution in [-0.2, 0) is 13.0 Å². The van der Waals surface area contributed by atoms with Gasteiger partial charge in [0.1, 0.15) is 11.8 Å². The van der Waals surface area contributed by atoms with Crippen molar-refractivity contribution in [1.29, 1.82) is 5.26 Å². The number of rotatable bonds is 1. The van der Waals surface area contributed by atoms with E-state index in [0.29, 0.717) is 24.3 Å². The smallest absolute Gasteiger partial charge is 0.272 e. The lowest BCUT2D eigenvalue weighted by Crippen LogP contribution is -2.36. The Bertz CT molecular complexity index is 731. The van der Waals surface area contributed by atoms with E-state index in [1.54, 1.807) is 17.0 Å². The Labute approximate surface area is 122 Å². The number of carbonyl (C=O) groups is 1. The molecule has 2 aromatic rings. The lowest BCUT2D eigenvalue weighted by Gasteiger charge is -2.29. The highest BCUT2D eigenvalue weighted by Gasteiger charge is 2.23. The minimum atomic E-state index is -0.118. The first kappa shape index (κ1) is 13.1. The number of hydrogen-bond donors (Lipinski definition) is 1. The van der Waals surface area contributed by atoms with Gasteiger partial charge in [-0.15, -0.1) is 0 Å². The maximum absolute atomic E-state index is 12.4. The van der Waals surface area contributed by atoms with Crippen molar-refractivity contribution in [3.63, 3.8) is 0 Å². The van der Waals surface area contributed by atoms with Crippen LogP contribution in [0.25, 0.3) is 0 Å². The third-order valence-electron chi connectivity index (χ3n) is 3.70. The fourth-order valence-electron chi connectivity index (χ4n) is 2.56. The molecule has 1 aliphatic heterocycles. The number of hydrogen-bond acceptors (Lipinski definition) is 4. The van der Waals surface area contributed by atoms with Gasteiger partial charge < -0.3 is 10.6 Å². The summed E-state index contributed by atoms with van der Waals surface area (Å²) in [5.74, 6) is -0.118. The van der Waals surface area contributed by atoms with Crippen LogP contribution < -0.4 is 5.73 Å². The Hall–Kier alpha value is -2.87. The van der Waals surface area contributed by atoms with Crippen molar-refractivity contribution in [1.82, 2.24) is 9.88 Å². The third-order valence-corrected chi connectivity index (χ3v) is 3.70. The molecule has 0 radical (unpaired) electrons. The number of fused-ring (bicyclic) bond motifs is 1. The largest absolute Gasteiger partial charge is 0.398 e. The highest BCUT2D eigenvalue weighted by atomic mass is 16.2. The van der Waals surface area contributed by atoms with Crippen LogP contribution >= 0.6 is 0 Å². The van der Waals surface area contributed by atoms with Crippen LogP contribution in [0.3, 0.4) is 0 Å². The van der Waals surface area contributed by atoms with Gasteiger partial charge >= 0.3 is 0 Å². The molecule has 0 unspecified atom stereocenters. The molecule has 0 spiro atoms. The quantitative estimate of drug-likeness (QED) is 0.805. The number of nitriles is 1. The van der Waals surface area contributed by atoms with Crippen LogP contribution in [0, 0.1) is 11.3 Å². The number of nitrogen functional groups attached to an aromatic ring is 1. The monoisotopic (exact) mass is 278 g/mol. The molecular formula is C16H14N4O. The lowest BCUT2D eigenvalue weighted by molar-refractivity contribution is 0.0729. The second-order valence-corrected chi connectivity index (χ2v) is 5.01. The van der Waals surface area contributed by atoms with Crippen LogP contribution in [0.2, 0.25) is 0 Å². The van der Waals surface area contributed by atoms with E-state index in [1.165, 1.54) is 6.20 Å². The second kappa shape index (κ2) is 5.25. The minimum absolute atomic E-state index is 0.118. The zero-order valence-electron chi connectivity index (χ0n) is 11.4. The van der Waals surface area contributed by atoms with E-state index in [2.05, 4.69) is 4.98 Å². The molecule has 0 fully saturated rings. The van der Waals surface area contributed by atoms with Gasteiger partial charge in [0.25, 0.3) is 5.91 Å². The standard InChI is InChI=1S/C16H14N4O/c17-8-11-4-5-15(19-9-11)16(21)20-7-6-13-12(10-20)2-1-3-14(13)18/h1-5,9H,6-7,10,18H2. The van der Waals surface area contributed by atoms with Crippen molar-refractivity contribution in [2.45, 2.75) is 13.0 Å². The van der Waals surface area contributed by atoms with E-state index < -0.39 is 0 Å². The number of anilines is 1. The Balaban J connectivity index is 1.82. The summed E-state index contributed by atoms with van der Waals surface area (Å²) in [6.45, 7) is 1.17. The first-order valence-electron chi connectivity index (χ1n) is 6.70. The first-order chi connectivity index (χ1) is 10.2. The van der Waals surface area contributed by atoms with Crippen molar-refractivity contribution >= 4 is 11.6 Å². The molecule has 2 N–H and O–H groups in total. The maximum atomic E-state index is 12.4. The fraction of sp³-hybridized carbons (Fsp3) is 0.188. The molecule has 1 aromatic carbocycles. The Morgan fingerprint density at radius 2 is 2.19 bits per heavy atom. The van der Waals surface area contributed by atoms with Crippen molar-refractivity contribution in [2.24, 2.45) is 0 Å². The molecule has 5 heteroatoms.